The van der Waals surface area contributed by atoms with Crippen molar-refractivity contribution in [3.05, 3.63) is 17.5 Å². The zero-order valence-corrected chi connectivity index (χ0v) is 12.7. The molecule has 0 amide bonds. The van der Waals surface area contributed by atoms with Gasteiger partial charge in [0.05, 0.1) is 0 Å². The fourth-order valence-electron chi connectivity index (χ4n) is 3.73. The van der Waals surface area contributed by atoms with Gasteiger partial charge in [-0.05, 0) is 55.5 Å². The van der Waals surface area contributed by atoms with Gasteiger partial charge in [-0.1, -0.05) is 13.8 Å². The van der Waals surface area contributed by atoms with E-state index in [2.05, 4.69) is 29.9 Å². The summed E-state index contributed by atoms with van der Waals surface area (Å²) in [7, 11) is 0. The Labute approximate surface area is 121 Å². The topological polar surface area (TPSA) is 55.0 Å². The van der Waals surface area contributed by atoms with Gasteiger partial charge < -0.3 is 10.6 Å². The first-order chi connectivity index (χ1) is 9.67. The van der Waals surface area contributed by atoms with Crippen LogP contribution in [0.4, 0.5) is 5.95 Å². The third-order valence-electron chi connectivity index (χ3n) is 4.85. The lowest BCUT2D eigenvalue weighted by atomic mass is 9.82. The molecule has 1 fully saturated rings. The van der Waals surface area contributed by atoms with E-state index in [1.807, 2.05) is 0 Å². The summed E-state index contributed by atoms with van der Waals surface area (Å²) in [6.45, 7) is 7.48. The highest BCUT2D eigenvalue weighted by molar-refractivity contribution is 5.36. The standard InChI is InChI=1S/C16H26N4/c1-11-6-12(2)14-9-18-16(19-15(14)7-11)20-5-3-4-13(8-17)10-20/h9,11-13H,3-8,10,17H2,1-2H3. The lowest BCUT2D eigenvalue weighted by molar-refractivity contribution is 0.415. The highest BCUT2D eigenvalue weighted by atomic mass is 15.3. The summed E-state index contributed by atoms with van der Waals surface area (Å²) >= 11 is 0. The fraction of sp³-hybridized carbons (Fsp3) is 0.750. The van der Waals surface area contributed by atoms with Crippen LogP contribution in [0.3, 0.4) is 0 Å². The second kappa shape index (κ2) is 5.68. The second-order valence-corrected chi connectivity index (χ2v) is 6.71. The molecular formula is C16H26N4. The molecule has 110 valence electrons. The molecule has 2 aliphatic rings. The monoisotopic (exact) mass is 274 g/mol. The highest BCUT2D eigenvalue weighted by Crippen LogP contribution is 2.34. The summed E-state index contributed by atoms with van der Waals surface area (Å²) in [5.74, 6) is 2.85. The molecule has 1 aromatic rings. The first kappa shape index (κ1) is 13.8. The molecule has 2 heterocycles. The Hall–Kier alpha value is -1.16. The molecular weight excluding hydrogens is 248 g/mol. The van der Waals surface area contributed by atoms with Crippen molar-refractivity contribution in [2.24, 2.45) is 17.6 Å². The predicted octanol–water partition coefficient (Wildman–Crippen LogP) is 2.34. The van der Waals surface area contributed by atoms with Gasteiger partial charge in [-0.25, -0.2) is 9.97 Å². The van der Waals surface area contributed by atoms with Gasteiger partial charge in [0.15, 0.2) is 0 Å². The van der Waals surface area contributed by atoms with E-state index in [-0.39, 0.29) is 0 Å². The summed E-state index contributed by atoms with van der Waals surface area (Å²) in [5, 5.41) is 0. The van der Waals surface area contributed by atoms with E-state index in [1.165, 1.54) is 30.5 Å². The SMILES string of the molecule is CC1Cc2nc(N3CCCC(CN)C3)ncc2C(C)C1. The van der Waals surface area contributed by atoms with Crippen LogP contribution in [-0.2, 0) is 6.42 Å². The van der Waals surface area contributed by atoms with E-state index in [1.54, 1.807) is 0 Å². The van der Waals surface area contributed by atoms with Gasteiger partial charge in [0.25, 0.3) is 0 Å². The van der Waals surface area contributed by atoms with E-state index in [9.17, 15) is 0 Å². The summed E-state index contributed by atoms with van der Waals surface area (Å²) in [6.07, 6.45) is 6.87. The van der Waals surface area contributed by atoms with Gasteiger partial charge >= 0.3 is 0 Å². The minimum atomic E-state index is 0.598. The van der Waals surface area contributed by atoms with Crippen molar-refractivity contribution in [1.82, 2.24) is 9.97 Å². The molecule has 0 bridgehead atoms. The summed E-state index contributed by atoms with van der Waals surface area (Å²) < 4.78 is 0. The van der Waals surface area contributed by atoms with Crippen LogP contribution in [0.5, 0.6) is 0 Å². The molecule has 1 aromatic heterocycles. The minimum absolute atomic E-state index is 0.598. The zero-order valence-electron chi connectivity index (χ0n) is 12.7. The summed E-state index contributed by atoms with van der Waals surface area (Å²) in [4.78, 5) is 11.8. The van der Waals surface area contributed by atoms with Gasteiger partial charge in [-0.3, -0.25) is 0 Å². The van der Waals surface area contributed by atoms with Crippen LogP contribution >= 0.6 is 0 Å². The molecule has 1 aliphatic carbocycles. The zero-order chi connectivity index (χ0) is 14.1. The van der Waals surface area contributed by atoms with E-state index in [4.69, 9.17) is 10.7 Å². The Bertz CT molecular complexity index is 474. The molecule has 3 rings (SSSR count). The number of aromatic nitrogens is 2. The van der Waals surface area contributed by atoms with Crippen LogP contribution in [-0.4, -0.2) is 29.6 Å². The first-order valence-electron chi connectivity index (χ1n) is 7.98. The number of nitrogens with zero attached hydrogens (tertiary/aromatic N) is 3. The van der Waals surface area contributed by atoms with E-state index < -0.39 is 0 Å². The molecule has 4 nitrogen and oxygen atoms in total. The van der Waals surface area contributed by atoms with Crippen molar-refractivity contribution in [2.75, 3.05) is 24.5 Å². The maximum atomic E-state index is 5.82. The Kier molecular flexibility index (Phi) is 3.92. The Morgan fingerprint density at radius 2 is 2.25 bits per heavy atom. The van der Waals surface area contributed by atoms with Gasteiger partial charge in [-0.15, -0.1) is 0 Å². The molecule has 0 spiro atoms. The maximum absolute atomic E-state index is 5.82. The molecule has 2 N–H and O–H groups in total. The van der Waals surface area contributed by atoms with Crippen molar-refractivity contribution in [3.63, 3.8) is 0 Å². The fourth-order valence-corrected chi connectivity index (χ4v) is 3.73. The largest absolute Gasteiger partial charge is 0.340 e. The molecule has 0 saturated carbocycles. The average molecular weight is 274 g/mol. The molecule has 1 aliphatic heterocycles. The number of nitrogens with two attached hydrogens (primary N) is 1. The Morgan fingerprint density at radius 1 is 1.40 bits per heavy atom. The van der Waals surface area contributed by atoms with E-state index in [0.29, 0.717) is 11.8 Å². The summed E-state index contributed by atoms with van der Waals surface area (Å²) in [5.41, 5.74) is 8.46. The number of rotatable bonds is 2. The third-order valence-corrected chi connectivity index (χ3v) is 4.85. The van der Waals surface area contributed by atoms with Gasteiger partial charge in [0, 0.05) is 25.0 Å². The third kappa shape index (κ3) is 2.66. The molecule has 0 radical (unpaired) electrons. The molecule has 1 saturated heterocycles. The van der Waals surface area contributed by atoms with Crippen LogP contribution in [0.25, 0.3) is 0 Å². The van der Waals surface area contributed by atoms with Gasteiger partial charge in [0.2, 0.25) is 5.95 Å². The smallest absolute Gasteiger partial charge is 0.225 e. The molecule has 3 unspecified atom stereocenters. The van der Waals surface area contributed by atoms with Crippen molar-refractivity contribution in [2.45, 2.75) is 45.4 Å². The van der Waals surface area contributed by atoms with Crippen LogP contribution < -0.4 is 10.6 Å². The predicted molar refractivity (Wildman–Crippen MR) is 81.9 cm³/mol. The lowest BCUT2D eigenvalue weighted by Gasteiger charge is -2.33. The molecule has 20 heavy (non-hydrogen) atoms. The Morgan fingerprint density at radius 3 is 3.05 bits per heavy atom. The van der Waals surface area contributed by atoms with Crippen LogP contribution in [0, 0.1) is 11.8 Å². The number of hydrogen-bond acceptors (Lipinski definition) is 4. The van der Waals surface area contributed by atoms with Crippen LogP contribution in [0.1, 0.15) is 50.3 Å². The minimum Gasteiger partial charge on any atom is -0.340 e. The average Bonchev–Trinajstić information content (AvgIpc) is 2.46. The second-order valence-electron chi connectivity index (χ2n) is 6.71. The number of fused-ring (bicyclic) bond motifs is 1. The van der Waals surface area contributed by atoms with Gasteiger partial charge in [0.1, 0.15) is 0 Å². The number of piperidine rings is 1. The molecule has 3 atom stereocenters. The van der Waals surface area contributed by atoms with Crippen molar-refractivity contribution in [3.8, 4) is 0 Å². The number of anilines is 1. The first-order valence-corrected chi connectivity index (χ1v) is 7.98. The van der Waals surface area contributed by atoms with Gasteiger partial charge in [-0.2, -0.15) is 0 Å². The van der Waals surface area contributed by atoms with Crippen molar-refractivity contribution >= 4 is 5.95 Å². The van der Waals surface area contributed by atoms with Crippen molar-refractivity contribution < 1.29 is 0 Å². The lowest BCUT2D eigenvalue weighted by Crippen LogP contribution is -2.39. The number of hydrogen-bond donors (Lipinski definition) is 1. The van der Waals surface area contributed by atoms with Crippen LogP contribution in [0.15, 0.2) is 6.20 Å². The molecule has 4 heteroatoms. The summed E-state index contributed by atoms with van der Waals surface area (Å²) in [6, 6.07) is 0. The van der Waals surface area contributed by atoms with Crippen LogP contribution in [0.2, 0.25) is 0 Å². The van der Waals surface area contributed by atoms with E-state index in [0.717, 1.165) is 37.9 Å². The maximum Gasteiger partial charge on any atom is 0.225 e. The van der Waals surface area contributed by atoms with E-state index >= 15 is 0 Å². The highest BCUT2D eigenvalue weighted by Gasteiger charge is 2.26. The normalized spacial score (nSPS) is 30.1. The van der Waals surface area contributed by atoms with Crippen molar-refractivity contribution in [1.29, 1.82) is 0 Å². The molecule has 0 aromatic carbocycles. The Balaban J connectivity index is 1.83. The quantitative estimate of drug-likeness (QED) is 0.899.